The van der Waals surface area contributed by atoms with Crippen molar-refractivity contribution in [3.8, 4) is 17.2 Å². The molecule has 0 heterocycles. The van der Waals surface area contributed by atoms with Gasteiger partial charge in [0.25, 0.3) is 5.91 Å². The van der Waals surface area contributed by atoms with Crippen molar-refractivity contribution in [2.45, 2.75) is 37.4 Å². The second-order valence-corrected chi connectivity index (χ2v) is 7.42. The first kappa shape index (κ1) is 22.2. The van der Waals surface area contributed by atoms with Crippen LogP contribution in [0.4, 0.5) is 13.2 Å². The molecule has 0 aliphatic carbocycles. The lowest BCUT2D eigenvalue weighted by molar-refractivity contribution is -0.137. The number of amides is 1. The third kappa shape index (κ3) is 5.72. The monoisotopic (exact) mass is 433 g/mol. The zero-order chi connectivity index (χ0) is 20.9. The van der Waals surface area contributed by atoms with Gasteiger partial charge in [-0.15, -0.1) is 11.8 Å². The molecule has 0 aliphatic rings. The Kier molecular flexibility index (Phi) is 7.48. The number of rotatable bonds is 8. The van der Waals surface area contributed by atoms with Gasteiger partial charge < -0.3 is 15.2 Å². The average Bonchev–Trinajstić information content (AvgIpc) is 2.62. The summed E-state index contributed by atoms with van der Waals surface area (Å²) in [6, 6.07) is 7.78. The Balaban J connectivity index is 2.31. The highest BCUT2D eigenvalue weighted by molar-refractivity contribution is 7.99. The fourth-order valence-electron chi connectivity index (χ4n) is 2.30. The summed E-state index contributed by atoms with van der Waals surface area (Å²) in [6.45, 7) is 3.73. The first-order valence-corrected chi connectivity index (χ1v) is 9.79. The number of alkyl halides is 3. The molecule has 2 aromatic rings. The summed E-state index contributed by atoms with van der Waals surface area (Å²) in [7, 11) is 0. The lowest BCUT2D eigenvalue weighted by atomic mass is 10.2. The van der Waals surface area contributed by atoms with Gasteiger partial charge >= 0.3 is 6.18 Å². The second kappa shape index (κ2) is 9.43. The summed E-state index contributed by atoms with van der Waals surface area (Å²) in [5, 5.41) is -0.173. The molecular formula is C19H19ClF3NO3S. The van der Waals surface area contributed by atoms with Crippen molar-refractivity contribution < 1.29 is 27.4 Å². The number of thioether (sulfide) groups is 1. The average molecular weight is 434 g/mol. The molecule has 4 nitrogen and oxygen atoms in total. The topological polar surface area (TPSA) is 61.6 Å². The molecule has 2 aromatic carbocycles. The molecule has 2 rings (SSSR count). The Morgan fingerprint density at radius 2 is 1.89 bits per heavy atom. The van der Waals surface area contributed by atoms with E-state index in [2.05, 4.69) is 0 Å². The number of benzene rings is 2. The van der Waals surface area contributed by atoms with E-state index in [1.807, 2.05) is 6.92 Å². The highest BCUT2D eigenvalue weighted by Gasteiger charge is 2.31. The third-order valence-electron chi connectivity index (χ3n) is 3.66. The van der Waals surface area contributed by atoms with Crippen LogP contribution in [-0.4, -0.2) is 17.8 Å². The van der Waals surface area contributed by atoms with Crippen LogP contribution in [0.25, 0.3) is 0 Å². The zero-order valence-electron chi connectivity index (χ0n) is 15.2. The van der Waals surface area contributed by atoms with Crippen LogP contribution in [0.15, 0.2) is 41.3 Å². The minimum Gasteiger partial charge on any atom is -0.479 e. The highest BCUT2D eigenvalue weighted by atomic mass is 35.5. The van der Waals surface area contributed by atoms with Gasteiger partial charge in [0.1, 0.15) is 17.2 Å². The van der Waals surface area contributed by atoms with Gasteiger partial charge in [-0.05, 0) is 42.5 Å². The minimum absolute atomic E-state index is 0.0680. The smallest absolute Gasteiger partial charge is 0.416 e. The van der Waals surface area contributed by atoms with Crippen LogP contribution in [0.1, 0.15) is 25.8 Å². The molecule has 0 saturated carbocycles. The standard InChI is InChI=1S/C19H19ClF3NO3S/c1-3-14(18(24)25)27-16-10-12(6-8-17(16)28-4-2)26-15-7-5-11(9-13(15)20)19(21,22)23/h5-10,14H,3-4H2,1-2H3,(H2,24,25). The van der Waals surface area contributed by atoms with Gasteiger partial charge in [-0.2, -0.15) is 13.2 Å². The van der Waals surface area contributed by atoms with Crippen molar-refractivity contribution >= 4 is 29.3 Å². The fourth-order valence-corrected chi connectivity index (χ4v) is 3.25. The Bertz CT molecular complexity index is 846. The van der Waals surface area contributed by atoms with Crippen molar-refractivity contribution in [2.24, 2.45) is 5.73 Å². The molecule has 1 amide bonds. The number of primary amides is 1. The van der Waals surface area contributed by atoms with Crippen molar-refractivity contribution in [3.63, 3.8) is 0 Å². The molecule has 2 N–H and O–H groups in total. The van der Waals surface area contributed by atoms with Gasteiger partial charge in [0, 0.05) is 11.0 Å². The first-order chi connectivity index (χ1) is 13.2. The summed E-state index contributed by atoms with van der Waals surface area (Å²) in [6.07, 6.45) is -4.91. The van der Waals surface area contributed by atoms with Gasteiger partial charge in [-0.3, -0.25) is 4.79 Å². The number of carbonyl (C=O) groups excluding carboxylic acids is 1. The van der Waals surface area contributed by atoms with Crippen molar-refractivity contribution in [3.05, 3.63) is 47.0 Å². The fraction of sp³-hybridized carbons (Fsp3) is 0.316. The molecule has 0 aliphatic heterocycles. The van der Waals surface area contributed by atoms with E-state index < -0.39 is 23.8 Å². The van der Waals surface area contributed by atoms with Crippen LogP contribution >= 0.6 is 23.4 Å². The molecule has 1 atom stereocenters. The number of ether oxygens (including phenoxy) is 2. The van der Waals surface area contributed by atoms with E-state index in [0.29, 0.717) is 17.9 Å². The molecule has 28 heavy (non-hydrogen) atoms. The van der Waals surface area contributed by atoms with Crippen LogP contribution in [0.5, 0.6) is 17.2 Å². The molecule has 0 fully saturated rings. The lowest BCUT2D eigenvalue weighted by Crippen LogP contribution is -2.33. The zero-order valence-corrected chi connectivity index (χ0v) is 16.8. The lowest BCUT2D eigenvalue weighted by Gasteiger charge is -2.18. The third-order valence-corrected chi connectivity index (χ3v) is 4.89. The van der Waals surface area contributed by atoms with E-state index >= 15 is 0 Å². The largest absolute Gasteiger partial charge is 0.479 e. The number of nitrogens with two attached hydrogens (primary N) is 1. The molecule has 0 aromatic heterocycles. The van der Waals surface area contributed by atoms with Crippen molar-refractivity contribution in [1.82, 2.24) is 0 Å². The Morgan fingerprint density at radius 3 is 2.43 bits per heavy atom. The normalized spacial score (nSPS) is 12.5. The minimum atomic E-state index is -4.49. The van der Waals surface area contributed by atoms with Crippen LogP contribution < -0.4 is 15.2 Å². The van der Waals surface area contributed by atoms with E-state index in [1.54, 1.807) is 25.1 Å². The maximum atomic E-state index is 12.8. The SMILES string of the molecule is CCSc1ccc(Oc2ccc(C(F)(F)F)cc2Cl)cc1OC(CC)C(N)=O. The van der Waals surface area contributed by atoms with E-state index in [1.165, 1.54) is 11.8 Å². The highest BCUT2D eigenvalue weighted by Crippen LogP contribution is 2.39. The summed E-state index contributed by atoms with van der Waals surface area (Å²) >= 11 is 7.44. The molecule has 1 unspecified atom stereocenters. The molecule has 0 radical (unpaired) electrons. The van der Waals surface area contributed by atoms with Crippen molar-refractivity contribution in [2.75, 3.05) is 5.75 Å². The number of carbonyl (C=O) groups is 1. The van der Waals surface area contributed by atoms with Crippen LogP contribution in [-0.2, 0) is 11.0 Å². The Labute approximate surface area is 170 Å². The number of hydrogen-bond donors (Lipinski definition) is 1. The summed E-state index contributed by atoms with van der Waals surface area (Å²) in [4.78, 5) is 12.3. The molecule has 152 valence electrons. The van der Waals surface area contributed by atoms with E-state index in [-0.39, 0.29) is 10.8 Å². The molecule has 0 bridgehead atoms. The Morgan fingerprint density at radius 1 is 1.18 bits per heavy atom. The number of halogens is 4. The van der Waals surface area contributed by atoms with Crippen LogP contribution in [0.2, 0.25) is 5.02 Å². The van der Waals surface area contributed by atoms with Crippen LogP contribution in [0, 0.1) is 0 Å². The maximum Gasteiger partial charge on any atom is 0.416 e. The second-order valence-electron chi connectivity index (χ2n) is 5.70. The Hall–Kier alpha value is -2.06. The van der Waals surface area contributed by atoms with Gasteiger partial charge in [-0.25, -0.2) is 0 Å². The summed E-state index contributed by atoms with van der Waals surface area (Å²) in [5.41, 5.74) is 4.47. The molecule has 0 spiro atoms. The van der Waals surface area contributed by atoms with Crippen LogP contribution in [0.3, 0.4) is 0 Å². The van der Waals surface area contributed by atoms with Gasteiger partial charge in [0.05, 0.1) is 10.6 Å². The maximum absolute atomic E-state index is 12.8. The first-order valence-electron chi connectivity index (χ1n) is 8.43. The van der Waals surface area contributed by atoms with Gasteiger partial charge in [0.15, 0.2) is 6.10 Å². The van der Waals surface area contributed by atoms with E-state index in [4.69, 9.17) is 26.8 Å². The summed E-state index contributed by atoms with van der Waals surface area (Å²) < 4.78 is 49.6. The quantitative estimate of drug-likeness (QED) is 0.526. The molecule has 0 saturated heterocycles. The van der Waals surface area contributed by atoms with E-state index in [0.717, 1.165) is 28.8 Å². The number of hydrogen-bond acceptors (Lipinski definition) is 4. The summed E-state index contributed by atoms with van der Waals surface area (Å²) in [5.74, 6) is 0.953. The van der Waals surface area contributed by atoms with Gasteiger partial charge in [0.2, 0.25) is 0 Å². The van der Waals surface area contributed by atoms with E-state index in [9.17, 15) is 18.0 Å². The van der Waals surface area contributed by atoms with Gasteiger partial charge in [-0.1, -0.05) is 25.4 Å². The molecule has 9 heteroatoms. The molecular weight excluding hydrogens is 415 g/mol. The predicted octanol–water partition coefficient (Wildman–Crippen LogP) is 5.91. The predicted molar refractivity (Wildman–Crippen MR) is 103 cm³/mol. The van der Waals surface area contributed by atoms with Crippen molar-refractivity contribution in [1.29, 1.82) is 0 Å².